The normalized spacial score (nSPS) is 32.0. The average molecular weight is 153 g/mol. The fourth-order valence-corrected chi connectivity index (χ4v) is 1.79. The summed E-state index contributed by atoms with van der Waals surface area (Å²) >= 11 is 0. The van der Waals surface area contributed by atoms with E-state index in [1.165, 1.54) is 12.8 Å². The van der Waals surface area contributed by atoms with Gasteiger partial charge in [-0.15, -0.1) is 6.58 Å². The SMILES string of the molecule is C=CC(N)C1CC1CC(C)C. The molecule has 0 aromatic rings. The standard InChI is InChI=1S/C10H19N/c1-4-10(11)9-6-8(9)5-7(2)3/h4,7-10H,1,5-6,11H2,2-3H3. The van der Waals surface area contributed by atoms with Gasteiger partial charge >= 0.3 is 0 Å². The van der Waals surface area contributed by atoms with E-state index in [2.05, 4.69) is 20.4 Å². The maximum absolute atomic E-state index is 5.83. The van der Waals surface area contributed by atoms with Gasteiger partial charge in [0.1, 0.15) is 0 Å². The van der Waals surface area contributed by atoms with E-state index in [4.69, 9.17) is 5.73 Å². The van der Waals surface area contributed by atoms with Gasteiger partial charge in [0.05, 0.1) is 0 Å². The van der Waals surface area contributed by atoms with Gasteiger partial charge in [-0.3, -0.25) is 0 Å². The first-order chi connectivity index (χ1) is 5.15. The van der Waals surface area contributed by atoms with Crippen LogP contribution in [0, 0.1) is 17.8 Å². The van der Waals surface area contributed by atoms with Crippen LogP contribution in [0.15, 0.2) is 12.7 Å². The highest BCUT2D eigenvalue weighted by Gasteiger charge is 2.39. The van der Waals surface area contributed by atoms with Crippen molar-refractivity contribution in [3.05, 3.63) is 12.7 Å². The van der Waals surface area contributed by atoms with Gasteiger partial charge in [-0.05, 0) is 30.6 Å². The number of hydrogen-bond acceptors (Lipinski definition) is 1. The molecule has 1 aliphatic rings. The van der Waals surface area contributed by atoms with Gasteiger partial charge < -0.3 is 5.73 Å². The van der Waals surface area contributed by atoms with Crippen LogP contribution in [0.1, 0.15) is 26.7 Å². The molecule has 0 amide bonds. The van der Waals surface area contributed by atoms with E-state index >= 15 is 0 Å². The molecule has 11 heavy (non-hydrogen) atoms. The van der Waals surface area contributed by atoms with Crippen molar-refractivity contribution in [3.8, 4) is 0 Å². The molecule has 1 nitrogen and oxygen atoms in total. The van der Waals surface area contributed by atoms with Crippen molar-refractivity contribution in [3.63, 3.8) is 0 Å². The van der Waals surface area contributed by atoms with Crippen LogP contribution in [0.2, 0.25) is 0 Å². The third-order valence-corrected chi connectivity index (χ3v) is 2.52. The molecule has 1 fully saturated rings. The summed E-state index contributed by atoms with van der Waals surface area (Å²) in [4.78, 5) is 0. The van der Waals surface area contributed by atoms with Crippen molar-refractivity contribution in [1.29, 1.82) is 0 Å². The zero-order valence-electron chi connectivity index (χ0n) is 7.59. The van der Waals surface area contributed by atoms with Crippen molar-refractivity contribution in [2.24, 2.45) is 23.5 Å². The molecular formula is C10H19N. The van der Waals surface area contributed by atoms with Crippen LogP contribution in [0.4, 0.5) is 0 Å². The van der Waals surface area contributed by atoms with Gasteiger partial charge in [0.2, 0.25) is 0 Å². The molecule has 0 radical (unpaired) electrons. The number of hydrogen-bond donors (Lipinski definition) is 1. The molecule has 1 rings (SSSR count). The predicted molar refractivity (Wildman–Crippen MR) is 49.2 cm³/mol. The van der Waals surface area contributed by atoms with E-state index in [1.807, 2.05) is 6.08 Å². The summed E-state index contributed by atoms with van der Waals surface area (Å²) in [5.41, 5.74) is 5.83. The van der Waals surface area contributed by atoms with Gasteiger partial charge in [-0.25, -0.2) is 0 Å². The summed E-state index contributed by atoms with van der Waals surface area (Å²) in [6, 6.07) is 0.249. The molecule has 0 heterocycles. The van der Waals surface area contributed by atoms with E-state index in [0.717, 1.165) is 17.8 Å². The summed E-state index contributed by atoms with van der Waals surface area (Å²) in [7, 11) is 0. The molecule has 0 spiro atoms. The zero-order chi connectivity index (χ0) is 8.43. The molecule has 1 aliphatic carbocycles. The second-order valence-corrected chi connectivity index (χ2v) is 4.10. The van der Waals surface area contributed by atoms with E-state index in [1.54, 1.807) is 0 Å². The molecule has 0 bridgehead atoms. The fourth-order valence-electron chi connectivity index (χ4n) is 1.79. The van der Waals surface area contributed by atoms with Crippen molar-refractivity contribution >= 4 is 0 Å². The second-order valence-electron chi connectivity index (χ2n) is 4.10. The molecule has 0 saturated heterocycles. The van der Waals surface area contributed by atoms with Gasteiger partial charge in [0, 0.05) is 6.04 Å². The monoisotopic (exact) mass is 153 g/mol. The van der Waals surface area contributed by atoms with Crippen LogP contribution in [-0.2, 0) is 0 Å². The van der Waals surface area contributed by atoms with E-state index < -0.39 is 0 Å². The Hall–Kier alpha value is -0.300. The Balaban J connectivity index is 2.20. The topological polar surface area (TPSA) is 26.0 Å². The molecule has 3 atom stereocenters. The van der Waals surface area contributed by atoms with Gasteiger partial charge in [0.15, 0.2) is 0 Å². The van der Waals surface area contributed by atoms with Crippen molar-refractivity contribution in [2.75, 3.05) is 0 Å². The molecule has 0 aliphatic heterocycles. The van der Waals surface area contributed by atoms with Gasteiger partial charge in [-0.1, -0.05) is 19.9 Å². The Morgan fingerprint density at radius 1 is 1.64 bits per heavy atom. The highest BCUT2D eigenvalue weighted by atomic mass is 14.7. The molecule has 3 unspecified atom stereocenters. The lowest BCUT2D eigenvalue weighted by atomic mass is 10.0. The molecule has 0 aromatic carbocycles. The van der Waals surface area contributed by atoms with Gasteiger partial charge in [-0.2, -0.15) is 0 Å². The van der Waals surface area contributed by atoms with Crippen LogP contribution >= 0.6 is 0 Å². The van der Waals surface area contributed by atoms with Crippen molar-refractivity contribution in [1.82, 2.24) is 0 Å². The minimum absolute atomic E-state index is 0.249. The second kappa shape index (κ2) is 3.40. The lowest BCUT2D eigenvalue weighted by Crippen LogP contribution is -2.20. The summed E-state index contributed by atoms with van der Waals surface area (Å²) in [6.45, 7) is 8.26. The molecular weight excluding hydrogens is 134 g/mol. The van der Waals surface area contributed by atoms with Crippen molar-refractivity contribution in [2.45, 2.75) is 32.7 Å². The first-order valence-corrected chi connectivity index (χ1v) is 4.53. The van der Waals surface area contributed by atoms with E-state index in [9.17, 15) is 0 Å². The van der Waals surface area contributed by atoms with E-state index in [0.29, 0.717) is 0 Å². The summed E-state index contributed by atoms with van der Waals surface area (Å²) in [5, 5.41) is 0. The van der Waals surface area contributed by atoms with Crippen molar-refractivity contribution < 1.29 is 0 Å². The number of nitrogens with two attached hydrogens (primary N) is 1. The smallest absolute Gasteiger partial charge is 0.0252 e. The predicted octanol–water partition coefficient (Wildman–Crippen LogP) is 2.18. The van der Waals surface area contributed by atoms with Gasteiger partial charge in [0.25, 0.3) is 0 Å². The highest BCUT2D eigenvalue weighted by Crippen LogP contribution is 2.44. The fraction of sp³-hybridized carbons (Fsp3) is 0.800. The Bertz CT molecular complexity index is 140. The summed E-state index contributed by atoms with van der Waals surface area (Å²) in [6.07, 6.45) is 4.54. The summed E-state index contributed by atoms with van der Waals surface area (Å²) in [5.74, 6) is 2.46. The Kier molecular flexibility index (Phi) is 2.72. The van der Waals surface area contributed by atoms with Crippen LogP contribution in [0.5, 0.6) is 0 Å². The maximum atomic E-state index is 5.83. The lowest BCUT2D eigenvalue weighted by molar-refractivity contribution is 0.499. The van der Waals surface area contributed by atoms with Crippen LogP contribution in [0.25, 0.3) is 0 Å². The molecule has 0 aromatic heterocycles. The van der Waals surface area contributed by atoms with E-state index in [-0.39, 0.29) is 6.04 Å². The molecule has 1 saturated carbocycles. The van der Waals surface area contributed by atoms with Crippen LogP contribution in [0.3, 0.4) is 0 Å². The average Bonchev–Trinajstić information content (AvgIpc) is 2.65. The molecule has 2 N–H and O–H groups in total. The molecule has 64 valence electrons. The zero-order valence-corrected chi connectivity index (χ0v) is 7.59. The third kappa shape index (κ3) is 2.33. The third-order valence-electron chi connectivity index (χ3n) is 2.52. The summed E-state index contributed by atoms with van der Waals surface area (Å²) < 4.78 is 0. The Morgan fingerprint density at radius 3 is 2.73 bits per heavy atom. The number of rotatable bonds is 4. The molecule has 1 heteroatoms. The first kappa shape index (κ1) is 8.79. The Labute approximate surface area is 69.7 Å². The first-order valence-electron chi connectivity index (χ1n) is 4.53. The lowest BCUT2D eigenvalue weighted by Gasteiger charge is -2.06. The minimum Gasteiger partial charge on any atom is -0.324 e. The minimum atomic E-state index is 0.249. The van der Waals surface area contributed by atoms with Crippen LogP contribution in [-0.4, -0.2) is 6.04 Å². The largest absolute Gasteiger partial charge is 0.324 e. The maximum Gasteiger partial charge on any atom is 0.0252 e. The Morgan fingerprint density at radius 2 is 2.27 bits per heavy atom. The van der Waals surface area contributed by atoms with Crippen LogP contribution < -0.4 is 5.73 Å². The highest BCUT2D eigenvalue weighted by molar-refractivity contribution is 5.00. The quantitative estimate of drug-likeness (QED) is 0.615.